The van der Waals surface area contributed by atoms with Gasteiger partial charge < -0.3 is 29.4 Å². The first-order chi connectivity index (χ1) is 16.5. The minimum Gasteiger partial charge on any atom is -0.457 e. The highest BCUT2D eigenvalue weighted by Crippen LogP contribution is 2.27. The molecule has 1 aromatic heterocycles. The van der Waals surface area contributed by atoms with Crippen molar-refractivity contribution in [3.63, 3.8) is 0 Å². The second kappa shape index (κ2) is 11.7. The molecule has 0 aliphatic carbocycles. The van der Waals surface area contributed by atoms with Crippen LogP contribution in [0.3, 0.4) is 0 Å². The number of esters is 1. The van der Waals surface area contributed by atoms with Crippen LogP contribution in [0.2, 0.25) is 0 Å². The van der Waals surface area contributed by atoms with Gasteiger partial charge in [-0.25, -0.2) is 19.1 Å². The van der Waals surface area contributed by atoms with E-state index in [4.69, 9.17) is 9.47 Å². The molecule has 11 nitrogen and oxygen atoms in total. The van der Waals surface area contributed by atoms with Crippen LogP contribution in [0.5, 0.6) is 0 Å². The summed E-state index contributed by atoms with van der Waals surface area (Å²) in [5, 5.41) is 3.11. The molecule has 11 heteroatoms. The van der Waals surface area contributed by atoms with Gasteiger partial charge in [0.15, 0.2) is 5.82 Å². The molecule has 0 radical (unpaired) electrons. The molecule has 35 heavy (non-hydrogen) atoms. The maximum absolute atomic E-state index is 13.1. The molecule has 2 amide bonds. The molecule has 0 atom stereocenters. The van der Waals surface area contributed by atoms with E-state index in [1.807, 2.05) is 20.8 Å². The van der Waals surface area contributed by atoms with E-state index in [0.29, 0.717) is 57.8 Å². The minimum atomic E-state index is -0.540. The Labute approximate surface area is 206 Å². The van der Waals surface area contributed by atoms with Crippen molar-refractivity contribution in [2.75, 3.05) is 26.2 Å². The average Bonchev–Trinajstić information content (AvgIpc) is 3.33. The first-order valence-electron chi connectivity index (χ1n) is 12.3. The maximum Gasteiger partial charge on any atom is 0.410 e. The van der Waals surface area contributed by atoms with Crippen LogP contribution >= 0.6 is 0 Å². The van der Waals surface area contributed by atoms with Crippen LogP contribution in [-0.2, 0) is 32.2 Å². The number of rotatable bonds is 10. The van der Waals surface area contributed by atoms with E-state index in [9.17, 15) is 19.2 Å². The molecule has 1 N–H and O–H groups in total. The standard InChI is InChI=1S/C24H37N5O6/c1-17(30)6-5-10-25-11-7-21(31)34-16-20-26-14-19-15-28(22(32)29(19)20)18-8-12-27(13-9-18)23(33)35-24(2,3)4/h14,18,25H,5-13,15-16H2,1-4H3. The van der Waals surface area contributed by atoms with E-state index in [-0.39, 0.29) is 42.9 Å². The van der Waals surface area contributed by atoms with Gasteiger partial charge in [0.05, 0.1) is 24.9 Å². The summed E-state index contributed by atoms with van der Waals surface area (Å²) >= 11 is 0. The van der Waals surface area contributed by atoms with Gasteiger partial charge in [-0.3, -0.25) is 4.79 Å². The molecule has 194 valence electrons. The number of fused-ring (bicyclic) bond motifs is 1. The Morgan fingerprint density at radius 3 is 2.51 bits per heavy atom. The number of aromatic nitrogens is 2. The molecule has 3 rings (SSSR count). The Morgan fingerprint density at radius 2 is 1.86 bits per heavy atom. The fraction of sp³-hybridized carbons (Fsp3) is 0.708. The SMILES string of the molecule is CC(=O)CCCNCCC(=O)OCc1ncc2n1C(=O)N(C1CCN(C(=O)OC(C)(C)C)CC1)C2. The van der Waals surface area contributed by atoms with Gasteiger partial charge in [0.1, 0.15) is 18.0 Å². The molecular weight excluding hydrogens is 454 g/mol. The van der Waals surface area contributed by atoms with Crippen LogP contribution in [-0.4, -0.2) is 81.0 Å². The lowest BCUT2D eigenvalue weighted by molar-refractivity contribution is -0.145. The number of piperidine rings is 1. The van der Waals surface area contributed by atoms with Crippen LogP contribution in [0.1, 0.15) is 71.3 Å². The fourth-order valence-electron chi connectivity index (χ4n) is 4.21. The van der Waals surface area contributed by atoms with Crippen molar-refractivity contribution in [1.29, 1.82) is 0 Å². The molecule has 0 aromatic carbocycles. The van der Waals surface area contributed by atoms with Crippen LogP contribution in [0.15, 0.2) is 6.20 Å². The Kier molecular flexibility index (Phi) is 8.87. The smallest absolute Gasteiger partial charge is 0.410 e. The van der Waals surface area contributed by atoms with Gasteiger partial charge in [0.2, 0.25) is 0 Å². The van der Waals surface area contributed by atoms with Crippen LogP contribution in [0.4, 0.5) is 9.59 Å². The lowest BCUT2D eigenvalue weighted by Gasteiger charge is -2.36. The van der Waals surface area contributed by atoms with Crippen LogP contribution in [0, 0.1) is 0 Å². The largest absolute Gasteiger partial charge is 0.457 e. The van der Waals surface area contributed by atoms with Crippen LogP contribution in [0.25, 0.3) is 0 Å². The number of hydrogen-bond donors (Lipinski definition) is 1. The van der Waals surface area contributed by atoms with Gasteiger partial charge in [-0.2, -0.15) is 0 Å². The van der Waals surface area contributed by atoms with E-state index >= 15 is 0 Å². The van der Waals surface area contributed by atoms with Crippen molar-refractivity contribution in [1.82, 2.24) is 24.7 Å². The van der Waals surface area contributed by atoms with Gasteiger partial charge >= 0.3 is 18.1 Å². The summed E-state index contributed by atoms with van der Waals surface area (Å²) in [4.78, 5) is 56.2. The highest BCUT2D eigenvalue weighted by molar-refractivity contribution is 5.81. The monoisotopic (exact) mass is 491 g/mol. The first-order valence-corrected chi connectivity index (χ1v) is 12.3. The summed E-state index contributed by atoms with van der Waals surface area (Å²) < 4.78 is 12.3. The third kappa shape index (κ3) is 7.51. The first kappa shape index (κ1) is 26.7. The Hall–Kier alpha value is -2.95. The van der Waals surface area contributed by atoms with Gasteiger partial charge in [0, 0.05) is 32.1 Å². The third-order valence-electron chi connectivity index (χ3n) is 5.98. The number of likely N-dealkylation sites (tertiary alicyclic amines) is 1. The average molecular weight is 492 g/mol. The second-order valence-corrected chi connectivity index (χ2v) is 10.1. The molecule has 0 saturated carbocycles. The zero-order valence-corrected chi connectivity index (χ0v) is 21.2. The van der Waals surface area contributed by atoms with Gasteiger partial charge in [-0.05, 0) is 53.5 Å². The number of nitrogens with zero attached hydrogens (tertiary/aromatic N) is 4. The molecule has 1 saturated heterocycles. The molecule has 0 spiro atoms. The number of carbonyl (C=O) groups excluding carboxylic acids is 4. The Balaban J connectivity index is 1.43. The topological polar surface area (TPSA) is 123 Å². The number of hydrogen-bond acceptors (Lipinski definition) is 8. The molecule has 2 aliphatic rings. The molecule has 0 unspecified atom stereocenters. The fourth-order valence-corrected chi connectivity index (χ4v) is 4.21. The lowest BCUT2D eigenvalue weighted by Crippen LogP contribution is -2.48. The van der Waals surface area contributed by atoms with Crippen molar-refractivity contribution >= 4 is 23.9 Å². The highest BCUT2D eigenvalue weighted by Gasteiger charge is 2.37. The number of nitrogens with one attached hydrogen (secondary N) is 1. The minimum absolute atomic E-state index is 0.0190. The summed E-state index contributed by atoms with van der Waals surface area (Å²) in [7, 11) is 0. The van der Waals surface area contributed by atoms with Crippen molar-refractivity contribution < 1.29 is 28.7 Å². The predicted molar refractivity (Wildman–Crippen MR) is 127 cm³/mol. The van der Waals surface area contributed by atoms with Crippen molar-refractivity contribution in [2.24, 2.45) is 0 Å². The summed E-state index contributed by atoms with van der Waals surface area (Å²) in [5.41, 5.74) is 0.227. The van der Waals surface area contributed by atoms with Gasteiger partial charge in [-0.1, -0.05) is 0 Å². The maximum atomic E-state index is 13.1. The van der Waals surface area contributed by atoms with Gasteiger partial charge in [0.25, 0.3) is 0 Å². The molecule has 3 heterocycles. The van der Waals surface area contributed by atoms with E-state index in [1.165, 1.54) is 4.57 Å². The number of ketones is 1. The Bertz CT molecular complexity index is 929. The second-order valence-electron chi connectivity index (χ2n) is 10.1. The summed E-state index contributed by atoms with van der Waals surface area (Å²) in [6, 6.07) is -0.156. The zero-order valence-electron chi connectivity index (χ0n) is 21.2. The van der Waals surface area contributed by atoms with Crippen molar-refractivity contribution in [2.45, 2.75) is 84.6 Å². The third-order valence-corrected chi connectivity index (χ3v) is 5.98. The molecule has 0 bridgehead atoms. The number of amides is 2. The predicted octanol–water partition coefficient (Wildman–Crippen LogP) is 2.46. The quantitative estimate of drug-likeness (QED) is 0.391. The number of Topliss-reactive ketones (excluding diaryl/α,β-unsaturated/α-hetero) is 1. The summed E-state index contributed by atoms with van der Waals surface area (Å²) in [5.74, 6) is 0.178. The molecular formula is C24H37N5O6. The van der Waals surface area contributed by atoms with E-state index in [2.05, 4.69) is 10.3 Å². The van der Waals surface area contributed by atoms with Crippen molar-refractivity contribution in [3.8, 4) is 0 Å². The van der Waals surface area contributed by atoms with E-state index in [0.717, 1.165) is 12.1 Å². The lowest BCUT2D eigenvalue weighted by atomic mass is 10.0. The van der Waals surface area contributed by atoms with E-state index in [1.54, 1.807) is 22.9 Å². The molecule has 2 aliphatic heterocycles. The zero-order chi connectivity index (χ0) is 25.6. The van der Waals surface area contributed by atoms with Gasteiger partial charge in [-0.15, -0.1) is 0 Å². The number of carbonyl (C=O) groups is 4. The van der Waals surface area contributed by atoms with Crippen LogP contribution < -0.4 is 5.32 Å². The molecule has 1 fully saturated rings. The highest BCUT2D eigenvalue weighted by atomic mass is 16.6. The summed E-state index contributed by atoms with van der Waals surface area (Å²) in [6.45, 7) is 9.65. The molecule has 1 aromatic rings. The number of ether oxygens (including phenoxy) is 2. The summed E-state index contributed by atoms with van der Waals surface area (Å²) in [6.07, 6.45) is 4.13. The number of imidazole rings is 1. The Morgan fingerprint density at radius 1 is 1.14 bits per heavy atom. The van der Waals surface area contributed by atoms with E-state index < -0.39 is 5.60 Å². The van der Waals surface area contributed by atoms with Crippen molar-refractivity contribution in [3.05, 3.63) is 17.7 Å². The normalized spacial score (nSPS) is 16.4.